The van der Waals surface area contributed by atoms with Crippen LogP contribution in [0, 0.1) is 0 Å². The molecule has 0 aromatic heterocycles. The van der Waals surface area contributed by atoms with Crippen LogP contribution in [0.4, 0.5) is 0 Å². The number of aliphatic hydroxyl groups excluding tert-OH is 1. The molecule has 5 atom stereocenters. The van der Waals surface area contributed by atoms with Crippen molar-refractivity contribution in [1.82, 2.24) is 0 Å². The summed E-state index contributed by atoms with van der Waals surface area (Å²) in [7, 11) is -9.94. The third kappa shape index (κ3) is 71.4. The Kier molecular flexibility index (Phi) is 70.2. The summed E-state index contributed by atoms with van der Waals surface area (Å²) in [5, 5.41) is 10.6. The van der Waals surface area contributed by atoms with E-state index in [2.05, 4.69) is 76.3 Å². The molecular weight excluding hydrogens is 1280 g/mol. The molecular formula is C79H146O17P2. The summed E-state index contributed by atoms with van der Waals surface area (Å²) in [6, 6.07) is 0. The number of unbranched alkanes of at least 4 members (excludes halogenated alkanes) is 42. The molecule has 0 aromatic carbocycles. The number of esters is 4. The fraction of sp³-hybridized carbons (Fsp3) is 0.848. The number of phosphoric acid groups is 2. The van der Waals surface area contributed by atoms with Gasteiger partial charge in [0.05, 0.1) is 26.4 Å². The minimum atomic E-state index is -4.97. The average Bonchev–Trinajstić information content (AvgIpc) is 0.959. The third-order valence-corrected chi connectivity index (χ3v) is 19.1. The van der Waals surface area contributed by atoms with E-state index >= 15 is 0 Å². The van der Waals surface area contributed by atoms with Crippen molar-refractivity contribution >= 4 is 39.5 Å². The molecule has 0 aliphatic rings. The first-order valence-electron chi connectivity index (χ1n) is 39.9. The van der Waals surface area contributed by atoms with E-state index in [1.165, 1.54) is 128 Å². The summed E-state index contributed by atoms with van der Waals surface area (Å²) in [4.78, 5) is 72.9. The van der Waals surface area contributed by atoms with Crippen LogP contribution in [0.15, 0.2) is 48.6 Å². The van der Waals surface area contributed by atoms with Gasteiger partial charge in [0.25, 0.3) is 0 Å². The summed E-state index contributed by atoms with van der Waals surface area (Å²) in [6.07, 6.45) is 69.4. The molecule has 0 radical (unpaired) electrons. The molecule has 0 spiro atoms. The largest absolute Gasteiger partial charge is 0.472 e. The van der Waals surface area contributed by atoms with Crippen molar-refractivity contribution < 1.29 is 80.2 Å². The molecule has 0 fully saturated rings. The monoisotopic (exact) mass is 1430 g/mol. The maximum Gasteiger partial charge on any atom is 0.472 e. The van der Waals surface area contributed by atoms with Crippen molar-refractivity contribution in [3.8, 4) is 0 Å². The van der Waals surface area contributed by atoms with Gasteiger partial charge in [-0.2, -0.15) is 0 Å². The molecule has 98 heavy (non-hydrogen) atoms. The topological polar surface area (TPSA) is 237 Å². The van der Waals surface area contributed by atoms with Gasteiger partial charge in [0, 0.05) is 25.7 Å². The van der Waals surface area contributed by atoms with E-state index in [0.717, 1.165) is 167 Å². The number of carbonyl (C=O) groups is 4. The number of phosphoric ester groups is 2. The maximum absolute atomic E-state index is 13.1. The molecule has 0 saturated carbocycles. The molecule has 0 rings (SSSR count). The lowest BCUT2D eigenvalue weighted by Gasteiger charge is -2.21. The molecule has 0 aliphatic heterocycles. The molecule has 0 aliphatic carbocycles. The van der Waals surface area contributed by atoms with Crippen LogP contribution < -0.4 is 0 Å². The first-order chi connectivity index (χ1) is 47.7. The summed E-state index contributed by atoms with van der Waals surface area (Å²) in [5.74, 6) is -2.16. The van der Waals surface area contributed by atoms with Crippen LogP contribution in [0.2, 0.25) is 0 Å². The normalized spacial score (nSPS) is 14.2. The fourth-order valence-corrected chi connectivity index (χ4v) is 12.7. The first kappa shape index (κ1) is 95.0. The van der Waals surface area contributed by atoms with Gasteiger partial charge in [-0.3, -0.25) is 37.3 Å². The molecule has 0 heterocycles. The maximum atomic E-state index is 13.1. The highest BCUT2D eigenvalue weighted by atomic mass is 31.2. The number of rotatable bonds is 76. The number of hydrogen-bond donors (Lipinski definition) is 3. The van der Waals surface area contributed by atoms with Crippen molar-refractivity contribution in [3.63, 3.8) is 0 Å². The van der Waals surface area contributed by atoms with Crippen molar-refractivity contribution in [3.05, 3.63) is 48.6 Å². The fourth-order valence-electron chi connectivity index (χ4n) is 11.1. The predicted molar refractivity (Wildman–Crippen MR) is 400 cm³/mol. The minimum absolute atomic E-state index is 0.0892. The molecule has 0 amide bonds. The summed E-state index contributed by atoms with van der Waals surface area (Å²) in [6.45, 7) is 4.87. The highest BCUT2D eigenvalue weighted by molar-refractivity contribution is 7.47. The Balaban J connectivity index is 5.32. The van der Waals surface area contributed by atoms with Gasteiger partial charge in [-0.1, -0.05) is 269 Å². The number of aliphatic hydroxyl groups is 1. The van der Waals surface area contributed by atoms with Gasteiger partial charge < -0.3 is 33.8 Å². The zero-order valence-corrected chi connectivity index (χ0v) is 64.5. The molecule has 0 saturated heterocycles. The Bertz CT molecular complexity index is 2050. The molecule has 0 aromatic rings. The molecule has 19 heteroatoms. The van der Waals surface area contributed by atoms with Gasteiger partial charge in [-0.25, -0.2) is 9.13 Å². The van der Waals surface area contributed by atoms with Crippen LogP contribution in [0.1, 0.15) is 374 Å². The number of carbonyl (C=O) groups excluding carboxylic acids is 4. The summed E-state index contributed by atoms with van der Waals surface area (Å²) in [5.41, 5.74) is 0. The highest BCUT2D eigenvalue weighted by Crippen LogP contribution is 2.45. The Labute approximate surface area is 597 Å². The zero-order valence-electron chi connectivity index (χ0n) is 62.7. The zero-order chi connectivity index (χ0) is 71.8. The second-order valence-corrected chi connectivity index (χ2v) is 29.9. The number of hydrogen-bond acceptors (Lipinski definition) is 15. The quantitative estimate of drug-likeness (QED) is 0.0169. The molecule has 0 bridgehead atoms. The minimum Gasteiger partial charge on any atom is -0.462 e. The van der Waals surface area contributed by atoms with Gasteiger partial charge >= 0.3 is 39.5 Å². The van der Waals surface area contributed by atoms with Crippen LogP contribution in [-0.4, -0.2) is 96.7 Å². The van der Waals surface area contributed by atoms with Crippen molar-refractivity contribution in [2.45, 2.75) is 393 Å². The number of ether oxygens (including phenoxy) is 4. The van der Waals surface area contributed by atoms with Gasteiger partial charge in [0.1, 0.15) is 19.3 Å². The predicted octanol–water partition coefficient (Wildman–Crippen LogP) is 22.9. The van der Waals surface area contributed by atoms with Crippen LogP contribution >= 0.6 is 15.6 Å². The SMILES string of the molecule is CCCCCC/C=C\CCCCCCCCCC(=O)OC[C@H](COP(=O)(O)OC[C@H](O)COP(=O)(O)OC[C@@H](COC(=O)CCCCCCCCC/C=C\CCCCCC)OC(=O)CCCCCCCCC/C=C\CCCCCC)OC(=O)CCCCCCC/C=C\CCCCCC. The molecule has 2 unspecified atom stereocenters. The lowest BCUT2D eigenvalue weighted by Crippen LogP contribution is -2.30. The van der Waals surface area contributed by atoms with Gasteiger partial charge in [0.2, 0.25) is 0 Å². The van der Waals surface area contributed by atoms with Gasteiger partial charge in [0.15, 0.2) is 12.2 Å². The smallest absolute Gasteiger partial charge is 0.462 e. The van der Waals surface area contributed by atoms with Crippen LogP contribution in [0.25, 0.3) is 0 Å². The second-order valence-electron chi connectivity index (χ2n) is 27.0. The molecule has 17 nitrogen and oxygen atoms in total. The first-order valence-corrected chi connectivity index (χ1v) is 42.9. The lowest BCUT2D eigenvalue weighted by atomic mass is 10.1. The van der Waals surface area contributed by atoms with Crippen molar-refractivity contribution in [2.24, 2.45) is 0 Å². The Hall–Kier alpha value is -2.98. The lowest BCUT2D eigenvalue weighted by molar-refractivity contribution is -0.161. The Morgan fingerprint density at radius 2 is 0.469 bits per heavy atom. The van der Waals surface area contributed by atoms with E-state index in [1.54, 1.807) is 0 Å². The van der Waals surface area contributed by atoms with Crippen LogP contribution in [-0.2, 0) is 65.4 Å². The average molecular weight is 1430 g/mol. The molecule has 574 valence electrons. The third-order valence-electron chi connectivity index (χ3n) is 17.2. The van der Waals surface area contributed by atoms with Crippen LogP contribution in [0.5, 0.6) is 0 Å². The summed E-state index contributed by atoms with van der Waals surface area (Å²) < 4.78 is 68.6. The Morgan fingerprint density at radius 1 is 0.276 bits per heavy atom. The van der Waals surface area contributed by atoms with Gasteiger partial charge in [-0.15, -0.1) is 0 Å². The van der Waals surface area contributed by atoms with E-state index < -0.39 is 97.5 Å². The van der Waals surface area contributed by atoms with Crippen molar-refractivity contribution in [2.75, 3.05) is 39.6 Å². The van der Waals surface area contributed by atoms with E-state index in [4.69, 9.17) is 37.0 Å². The van der Waals surface area contributed by atoms with E-state index in [0.29, 0.717) is 25.7 Å². The number of allylic oxidation sites excluding steroid dienone is 8. The van der Waals surface area contributed by atoms with Crippen LogP contribution in [0.3, 0.4) is 0 Å². The van der Waals surface area contributed by atoms with Gasteiger partial charge in [-0.05, 0) is 128 Å². The van der Waals surface area contributed by atoms with Crippen molar-refractivity contribution in [1.29, 1.82) is 0 Å². The summed E-state index contributed by atoms with van der Waals surface area (Å²) >= 11 is 0. The second kappa shape index (κ2) is 72.4. The Morgan fingerprint density at radius 3 is 0.704 bits per heavy atom. The standard InChI is InChI=1S/C79H146O17P2/c1-5-9-13-17-21-25-29-33-36-40-43-47-51-55-59-63-76(81)89-69-74(95-78(83)65-61-57-53-49-45-39-32-28-24-20-16-12-8-4)71-93-97(85,86)91-67-73(80)68-92-98(87,88)94-72-75(96-79(84)66-62-58-54-50-46-42-38-35-31-27-23-19-15-11-7-3)70-90-77(82)64-60-56-52-48-44-41-37-34-30-26-22-18-14-10-6-2/h25-32,73-75,80H,5-24,33-72H2,1-4H3,(H,85,86)(H,87,88)/b29-25-,30-26-,31-27-,32-28-/t73-,74+,75+/m0/s1. The highest BCUT2D eigenvalue weighted by Gasteiger charge is 2.30. The van der Waals surface area contributed by atoms with E-state index in [1.807, 2.05) is 0 Å². The van der Waals surface area contributed by atoms with E-state index in [9.17, 15) is 43.2 Å². The van der Waals surface area contributed by atoms with E-state index in [-0.39, 0.29) is 25.7 Å². The molecule has 3 N–H and O–H groups in total.